The Morgan fingerprint density at radius 3 is 2.85 bits per heavy atom. The quantitative estimate of drug-likeness (QED) is 0.496. The summed E-state index contributed by atoms with van der Waals surface area (Å²) < 4.78 is 10.1. The number of carbonyl (C=O) groups excluding carboxylic acids is 1. The van der Waals surface area contributed by atoms with Crippen LogP contribution in [0, 0.1) is 5.92 Å². The van der Waals surface area contributed by atoms with E-state index in [1.807, 2.05) is 11.8 Å². The van der Waals surface area contributed by atoms with Gasteiger partial charge in [-0.1, -0.05) is 13.3 Å². The Kier molecular flexibility index (Phi) is 8.57. The second-order valence-electron chi connectivity index (χ2n) is 5.33. The Hall–Kier alpha value is -0.260. The lowest BCUT2D eigenvalue weighted by atomic mass is 9.85. The summed E-state index contributed by atoms with van der Waals surface area (Å²) in [6.07, 6.45) is 5.33. The molecule has 0 bridgehead atoms. The molecule has 0 aromatic rings. The van der Waals surface area contributed by atoms with Gasteiger partial charge in [0.05, 0.1) is 7.11 Å². The maximum absolute atomic E-state index is 12.2. The van der Waals surface area contributed by atoms with E-state index in [1.165, 1.54) is 7.11 Å². The van der Waals surface area contributed by atoms with E-state index in [2.05, 4.69) is 12.2 Å². The number of esters is 1. The van der Waals surface area contributed by atoms with Gasteiger partial charge in [-0.05, 0) is 49.7 Å². The molecule has 0 aromatic heterocycles. The molecule has 0 heterocycles. The molecular formula is C15H29NO3S. The zero-order valence-corrected chi connectivity index (χ0v) is 13.9. The first-order chi connectivity index (χ1) is 9.71. The fraction of sp³-hybridized carbons (Fsp3) is 0.933. The summed E-state index contributed by atoms with van der Waals surface area (Å²) in [6, 6.07) is 0. The van der Waals surface area contributed by atoms with Gasteiger partial charge in [0.25, 0.3) is 0 Å². The van der Waals surface area contributed by atoms with Crippen LogP contribution >= 0.6 is 11.8 Å². The molecule has 1 fully saturated rings. The number of carbonyl (C=O) groups is 1. The summed E-state index contributed by atoms with van der Waals surface area (Å²) >= 11 is 1.96. The van der Waals surface area contributed by atoms with E-state index in [0.717, 1.165) is 56.8 Å². The molecule has 0 radical (unpaired) electrons. The van der Waals surface area contributed by atoms with Gasteiger partial charge in [0.1, 0.15) is 5.54 Å². The summed E-state index contributed by atoms with van der Waals surface area (Å²) in [4.78, 5) is 12.2. The van der Waals surface area contributed by atoms with Crippen LogP contribution in [0.4, 0.5) is 0 Å². The van der Waals surface area contributed by atoms with Crippen LogP contribution in [0.2, 0.25) is 0 Å². The van der Waals surface area contributed by atoms with Crippen molar-refractivity contribution in [3.05, 3.63) is 0 Å². The maximum atomic E-state index is 12.2. The second-order valence-corrected chi connectivity index (χ2v) is 6.55. The number of rotatable bonds is 10. The molecule has 1 saturated carbocycles. The molecule has 0 aliphatic heterocycles. The van der Waals surface area contributed by atoms with Crippen LogP contribution in [-0.2, 0) is 14.3 Å². The van der Waals surface area contributed by atoms with Crippen molar-refractivity contribution in [3.63, 3.8) is 0 Å². The van der Waals surface area contributed by atoms with Crippen molar-refractivity contribution in [1.29, 1.82) is 0 Å². The van der Waals surface area contributed by atoms with Crippen molar-refractivity contribution in [2.75, 3.05) is 38.9 Å². The number of nitrogens with one attached hydrogen (secondary N) is 1. The SMILES string of the molecule is CCNC1(C(=O)OC)CCCC1CCSCCCOC. The Balaban J connectivity index is 2.43. The van der Waals surface area contributed by atoms with E-state index in [4.69, 9.17) is 9.47 Å². The molecule has 2 atom stereocenters. The molecule has 1 N–H and O–H groups in total. The van der Waals surface area contributed by atoms with Gasteiger partial charge < -0.3 is 14.8 Å². The first-order valence-corrected chi connectivity index (χ1v) is 8.76. The van der Waals surface area contributed by atoms with Crippen molar-refractivity contribution in [1.82, 2.24) is 5.32 Å². The summed E-state index contributed by atoms with van der Waals surface area (Å²) in [5.41, 5.74) is -0.434. The lowest BCUT2D eigenvalue weighted by Gasteiger charge is -2.33. The molecule has 0 saturated heterocycles. The van der Waals surface area contributed by atoms with Crippen LogP contribution in [-0.4, -0.2) is 50.4 Å². The minimum absolute atomic E-state index is 0.0776. The molecule has 1 rings (SSSR count). The van der Waals surface area contributed by atoms with Gasteiger partial charge in [0.2, 0.25) is 0 Å². The zero-order chi connectivity index (χ0) is 14.8. The Morgan fingerprint density at radius 1 is 1.40 bits per heavy atom. The average Bonchev–Trinajstić information content (AvgIpc) is 2.86. The fourth-order valence-electron chi connectivity index (χ4n) is 3.17. The van der Waals surface area contributed by atoms with E-state index in [0.29, 0.717) is 5.92 Å². The highest BCUT2D eigenvalue weighted by Gasteiger charge is 2.48. The average molecular weight is 303 g/mol. The van der Waals surface area contributed by atoms with Crippen LogP contribution in [0.25, 0.3) is 0 Å². The first kappa shape index (κ1) is 17.8. The number of hydrogen-bond donors (Lipinski definition) is 1. The number of ether oxygens (including phenoxy) is 2. The standard InChI is InChI=1S/C15H29NO3S/c1-4-16-15(14(17)19-3)9-5-7-13(15)8-12-20-11-6-10-18-2/h13,16H,4-12H2,1-3H3. The number of likely N-dealkylation sites (N-methyl/N-ethyl adjacent to an activating group) is 1. The molecular weight excluding hydrogens is 274 g/mol. The van der Waals surface area contributed by atoms with Gasteiger partial charge in [-0.25, -0.2) is 0 Å². The van der Waals surface area contributed by atoms with Crippen LogP contribution in [0.1, 0.15) is 39.0 Å². The van der Waals surface area contributed by atoms with Crippen LogP contribution in [0.5, 0.6) is 0 Å². The van der Waals surface area contributed by atoms with Crippen molar-refractivity contribution < 1.29 is 14.3 Å². The van der Waals surface area contributed by atoms with E-state index in [9.17, 15) is 4.79 Å². The maximum Gasteiger partial charge on any atom is 0.326 e. The molecule has 1 aliphatic carbocycles. The van der Waals surface area contributed by atoms with E-state index >= 15 is 0 Å². The highest BCUT2D eigenvalue weighted by molar-refractivity contribution is 7.99. The van der Waals surface area contributed by atoms with E-state index < -0.39 is 5.54 Å². The molecule has 5 heteroatoms. The molecule has 0 spiro atoms. The zero-order valence-electron chi connectivity index (χ0n) is 13.1. The molecule has 2 unspecified atom stereocenters. The Bertz CT molecular complexity index is 288. The van der Waals surface area contributed by atoms with Crippen LogP contribution in [0.15, 0.2) is 0 Å². The van der Waals surface area contributed by atoms with Crippen molar-refractivity contribution in [3.8, 4) is 0 Å². The minimum atomic E-state index is -0.434. The summed E-state index contributed by atoms with van der Waals surface area (Å²) in [5.74, 6) is 2.57. The Morgan fingerprint density at radius 2 is 2.20 bits per heavy atom. The third kappa shape index (κ3) is 4.64. The normalized spacial score (nSPS) is 25.9. The predicted octanol–water partition coefficient (Wildman–Crippen LogP) is 2.47. The molecule has 20 heavy (non-hydrogen) atoms. The van der Waals surface area contributed by atoms with Gasteiger partial charge in [0, 0.05) is 13.7 Å². The third-order valence-corrected chi connectivity index (χ3v) is 5.21. The highest BCUT2D eigenvalue weighted by Crippen LogP contribution is 2.39. The third-order valence-electron chi connectivity index (χ3n) is 4.11. The largest absolute Gasteiger partial charge is 0.468 e. The number of methoxy groups -OCH3 is 2. The predicted molar refractivity (Wildman–Crippen MR) is 84.2 cm³/mol. The topological polar surface area (TPSA) is 47.6 Å². The number of hydrogen-bond acceptors (Lipinski definition) is 5. The molecule has 0 aromatic carbocycles. The van der Waals surface area contributed by atoms with E-state index in [-0.39, 0.29) is 5.97 Å². The molecule has 118 valence electrons. The highest BCUT2D eigenvalue weighted by atomic mass is 32.2. The first-order valence-electron chi connectivity index (χ1n) is 7.61. The van der Waals surface area contributed by atoms with Gasteiger partial charge in [-0.3, -0.25) is 4.79 Å². The van der Waals surface area contributed by atoms with Gasteiger partial charge in [0.15, 0.2) is 0 Å². The van der Waals surface area contributed by atoms with E-state index in [1.54, 1.807) is 7.11 Å². The van der Waals surface area contributed by atoms with Gasteiger partial charge in [-0.15, -0.1) is 0 Å². The van der Waals surface area contributed by atoms with Gasteiger partial charge in [-0.2, -0.15) is 11.8 Å². The molecule has 4 nitrogen and oxygen atoms in total. The minimum Gasteiger partial charge on any atom is -0.468 e. The summed E-state index contributed by atoms with van der Waals surface area (Å²) in [5, 5.41) is 3.42. The fourth-order valence-corrected chi connectivity index (χ4v) is 4.15. The van der Waals surface area contributed by atoms with Crippen molar-refractivity contribution in [2.45, 2.75) is 44.6 Å². The smallest absolute Gasteiger partial charge is 0.326 e. The van der Waals surface area contributed by atoms with Crippen molar-refractivity contribution in [2.24, 2.45) is 5.92 Å². The monoisotopic (exact) mass is 303 g/mol. The lowest BCUT2D eigenvalue weighted by molar-refractivity contribution is -0.150. The molecule has 0 amide bonds. The Labute approximate surface area is 127 Å². The summed E-state index contributed by atoms with van der Waals surface area (Å²) in [7, 11) is 3.24. The van der Waals surface area contributed by atoms with Crippen LogP contribution < -0.4 is 5.32 Å². The van der Waals surface area contributed by atoms with Gasteiger partial charge >= 0.3 is 5.97 Å². The lowest BCUT2D eigenvalue weighted by Crippen LogP contribution is -2.55. The van der Waals surface area contributed by atoms with Crippen LogP contribution in [0.3, 0.4) is 0 Å². The molecule has 1 aliphatic rings. The van der Waals surface area contributed by atoms with Crippen molar-refractivity contribution >= 4 is 17.7 Å². The summed E-state index contributed by atoms with van der Waals surface area (Å²) in [6.45, 7) is 3.70. The number of thioether (sulfide) groups is 1. The second kappa shape index (κ2) is 9.64.